The van der Waals surface area contributed by atoms with E-state index in [0.717, 1.165) is 12.1 Å². The molecule has 2 rings (SSSR count). The molecule has 0 bridgehead atoms. The highest BCUT2D eigenvalue weighted by Gasteiger charge is 2.11. The predicted octanol–water partition coefficient (Wildman–Crippen LogP) is 2.89. The number of para-hydroxylation sites is 1. The van der Waals surface area contributed by atoms with Crippen LogP contribution in [0.2, 0.25) is 0 Å². The minimum absolute atomic E-state index is 0.178. The Labute approximate surface area is 120 Å². The van der Waals surface area contributed by atoms with Gasteiger partial charge in [-0.1, -0.05) is 12.1 Å². The van der Waals surface area contributed by atoms with Crippen molar-refractivity contribution in [2.45, 2.75) is 0 Å². The molecule has 4 nitrogen and oxygen atoms in total. The standard InChI is InChI=1S/C15H11F2N3O/c16-12-5-2-6-13(17)15(12)20-14(21)9-19-11-4-1-3-10(7-11)8-18/h1-7,19H,9H2,(H,20,21). The zero-order valence-electron chi connectivity index (χ0n) is 10.9. The molecule has 0 aliphatic carbocycles. The molecular weight excluding hydrogens is 276 g/mol. The summed E-state index contributed by atoms with van der Waals surface area (Å²) in [7, 11) is 0. The molecule has 21 heavy (non-hydrogen) atoms. The van der Waals surface area contributed by atoms with Gasteiger partial charge in [0.15, 0.2) is 0 Å². The fourth-order valence-corrected chi connectivity index (χ4v) is 1.68. The first kappa shape index (κ1) is 14.5. The SMILES string of the molecule is N#Cc1cccc(NCC(=O)Nc2c(F)cccc2F)c1. The highest BCUT2D eigenvalue weighted by atomic mass is 19.1. The van der Waals surface area contributed by atoms with E-state index in [9.17, 15) is 13.6 Å². The average Bonchev–Trinajstić information content (AvgIpc) is 2.49. The Kier molecular flexibility index (Phi) is 4.46. The molecular formula is C15H11F2N3O. The van der Waals surface area contributed by atoms with Crippen LogP contribution < -0.4 is 10.6 Å². The number of hydrogen-bond acceptors (Lipinski definition) is 3. The van der Waals surface area contributed by atoms with Crippen molar-refractivity contribution >= 4 is 17.3 Å². The predicted molar refractivity (Wildman–Crippen MR) is 74.6 cm³/mol. The first-order valence-corrected chi connectivity index (χ1v) is 6.08. The first-order valence-electron chi connectivity index (χ1n) is 6.08. The maximum Gasteiger partial charge on any atom is 0.243 e. The molecule has 6 heteroatoms. The number of rotatable bonds is 4. The molecule has 0 atom stereocenters. The summed E-state index contributed by atoms with van der Waals surface area (Å²) in [5.41, 5.74) is 0.536. The van der Waals surface area contributed by atoms with Gasteiger partial charge in [-0.05, 0) is 30.3 Å². The van der Waals surface area contributed by atoms with Gasteiger partial charge in [-0.3, -0.25) is 4.79 Å². The maximum absolute atomic E-state index is 13.4. The summed E-state index contributed by atoms with van der Waals surface area (Å²) in [5, 5.41) is 13.7. The fourth-order valence-electron chi connectivity index (χ4n) is 1.68. The second-order valence-electron chi connectivity index (χ2n) is 4.19. The summed E-state index contributed by atoms with van der Waals surface area (Å²) >= 11 is 0. The number of halogens is 2. The van der Waals surface area contributed by atoms with Gasteiger partial charge >= 0.3 is 0 Å². The molecule has 0 aliphatic heterocycles. The van der Waals surface area contributed by atoms with Crippen molar-refractivity contribution in [1.82, 2.24) is 0 Å². The van der Waals surface area contributed by atoms with Crippen molar-refractivity contribution in [3.63, 3.8) is 0 Å². The number of nitrogens with zero attached hydrogens (tertiary/aromatic N) is 1. The van der Waals surface area contributed by atoms with Gasteiger partial charge < -0.3 is 10.6 Å². The van der Waals surface area contributed by atoms with Gasteiger partial charge in [0.2, 0.25) is 5.91 Å². The third-order valence-corrected chi connectivity index (χ3v) is 2.67. The van der Waals surface area contributed by atoms with Crippen molar-refractivity contribution < 1.29 is 13.6 Å². The number of carbonyl (C=O) groups is 1. The maximum atomic E-state index is 13.4. The number of nitriles is 1. The highest BCUT2D eigenvalue weighted by Crippen LogP contribution is 2.17. The van der Waals surface area contributed by atoms with Crippen molar-refractivity contribution in [3.05, 3.63) is 59.7 Å². The van der Waals surface area contributed by atoms with Crippen molar-refractivity contribution in [2.24, 2.45) is 0 Å². The summed E-state index contributed by atoms with van der Waals surface area (Å²) in [5.74, 6) is -2.27. The smallest absolute Gasteiger partial charge is 0.243 e. The summed E-state index contributed by atoms with van der Waals surface area (Å²) in [6.45, 7) is -0.178. The average molecular weight is 287 g/mol. The van der Waals surface area contributed by atoms with E-state index in [1.54, 1.807) is 24.3 Å². The Bertz CT molecular complexity index is 690. The lowest BCUT2D eigenvalue weighted by molar-refractivity contribution is -0.114. The monoisotopic (exact) mass is 287 g/mol. The zero-order valence-corrected chi connectivity index (χ0v) is 10.9. The fraction of sp³-hybridized carbons (Fsp3) is 0.0667. The Hall–Kier alpha value is -2.94. The van der Waals surface area contributed by atoms with E-state index >= 15 is 0 Å². The molecule has 1 amide bonds. The van der Waals surface area contributed by atoms with Gasteiger partial charge in [-0.2, -0.15) is 5.26 Å². The molecule has 0 aromatic heterocycles. The number of anilines is 2. The molecule has 106 valence electrons. The van der Waals surface area contributed by atoms with E-state index in [0.29, 0.717) is 11.3 Å². The molecule has 0 saturated carbocycles. The van der Waals surface area contributed by atoms with Crippen LogP contribution in [0, 0.1) is 23.0 Å². The van der Waals surface area contributed by atoms with Crippen LogP contribution in [0.4, 0.5) is 20.2 Å². The summed E-state index contributed by atoms with van der Waals surface area (Å²) in [6.07, 6.45) is 0. The van der Waals surface area contributed by atoms with E-state index in [4.69, 9.17) is 5.26 Å². The van der Waals surface area contributed by atoms with E-state index in [1.165, 1.54) is 6.07 Å². The van der Waals surface area contributed by atoms with E-state index < -0.39 is 23.2 Å². The van der Waals surface area contributed by atoms with Crippen LogP contribution in [0.5, 0.6) is 0 Å². The zero-order chi connectivity index (χ0) is 15.2. The number of nitrogens with one attached hydrogen (secondary N) is 2. The molecule has 0 heterocycles. The molecule has 0 unspecified atom stereocenters. The highest BCUT2D eigenvalue weighted by molar-refractivity contribution is 5.94. The summed E-state index contributed by atoms with van der Waals surface area (Å²) < 4.78 is 26.7. The quantitative estimate of drug-likeness (QED) is 0.908. The topological polar surface area (TPSA) is 64.9 Å². The molecule has 0 radical (unpaired) electrons. The number of amides is 1. The Morgan fingerprint density at radius 2 is 1.81 bits per heavy atom. The Morgan fingerprint density at radius 3 is 2.48 bits per heavy atom. The lowest BCUT2D eigenvalue weighted by Crippen LogP contribution is -2.23. The molecule has 2 aromatic rings. The molecule has 0 aliphatic rings. The van der Waals surface area contributed by atoms with Crippen LogP contribution in [0.25, 0.3) is 0 Å². The van der Waals surface area contributed by atoms with Crippen molar-refractivity contribution in [1.29, 1.82) is 5.26 Å². The van der Waals surface area contributed by atoms with Crippen LogP contribution in [-0.2, 0) is 4.79 Å². The third-order valence-electron chi connectivity index (χ3n) is 2.67. The Balaban J connectivity index is 1.98. The van der Waals surface area contributed by atoms with Gasteiger partial charge in [0.25, 0.3) is 0 Å². The molecule has 0 fully saturated rings. The molecule has 0 saturated heterocycles. The lowest BCUT2D eigenvalue weighted by Gasteiger charge is -2.09. The number of carbonyl (C=O) groups excluding carboxylic acids is 1. The van der Waals surface area contributed by atoms with E-state index in [-0.39, 0.29) is 6.54 Å². The van der Waals surface area contributed by atoms with Gasteiger partial charge in [0.1, 0.15) is 17.3 Å². The van der Waals surface area contributed by atoms with Crippen LogP contribution in [0.15, 0.2) is 42.5 Å². The van der Waals surface area contributed by atoms with Crippen molar-refractivity contribution in [2.75, 3.05) is 17.2 Å². The Morgan fingerprint density at radius 1 is 1.14 bits per heavy atom. The number of hydrogen-bond donors (Lipinski definition) is 2. The van der Waals surface area contributed by atoms with Crippen molar-refractivity contribution in [3.8, 4) is 6.07 Å². The second-order valence-corrected chi connectivity index (χ2v) is 4.19. The van der Waals surface area contributed by atoms with Crippen LogP contribution in [-0.4, -0.2) is 12.5 Å². The molecule has 2 N–H and O–H groups in total. The molecule has 2 aromatic carbocycles. The minimum atomic E-state index is -0.838. The lowest BCUT2D eigenvalue weighted by atomic mass is 10.2. The van der Waals surface area contributed by atoms with E-state index in [2.05, 4.69) is 10.6 Å². The summed E-state index contributed by atoms with van der Waals surface area (Å²) in [4.78, 5) is 11.7. The largest absolute Gasteiger partial charge is 0.376 e. The van der Waals surface area contributed by atoms with Crippen LogP contribution in [0.1, 0.15) is 5.56 Å². The second kappa shape index (κ2) is 6.48. The van der Waals surface area contributed by atoms with Gasteiger partial charge in [0.05, 0.1) is 18.2 Å². The number of benzene rings is 2. The van der Waals surface area contributed by atoms with Crippen LogP contribution in [0.3, 0.4) is 0 Å². The van der Waals surface area contributed by atoms with Crippen LogP contribution >= 0.6 is 0 Å². The summed E-state index contributed by atoms with van der Waals surface area (Å²) in [6, 6.07) is 11.8. The normalized spacial score (nSPS) is 9.76. The first-order chi connectivity index (χ1) is 10.1. The molecule has 0 spiro atoms. The van der Waals surface area contributed by atoms with Gasteiger partial charge in [-0.15, -0.1) is 0 Å². The van der Waals surface area contributed by atoms with E-state index in [1.807, 2.05) is 6.07 Å². The van der Waals surface area contributed by atoms with Gasteiger partial charge in [-0.25, -0.2) is 8.78 Å². The third kappa shape index (κ3) is 3.76. The van der Waals surface area contributed by atoms with Gasteiger partial charge in [0, 0.05) is 5.69 Å². The minimum Gasteiger partial charge on any atom is -0.376 e.